The fraction of sp³-hybridized carbons (Fsp3) is 0.929. The molecule has 4 atom stereocenters. The molecule has 1 fully saturated rings. The summed E-state index contributed by atoms with van der Waals surface area (Å²) in [6.07, 6.45) is 3.52. The smallest absolute Gasteiger partial charge is 0.116 e. The summed E-state index contributed by atoms with van der Waals surface area (Å²) in [6, 6.07) is 0. The van der Waals surface area contributed by atoms with Gasteiger partial charge in [-0.3, -0.25) is 0 Å². The van der Waals surface area contributed by atoms with Crippen molar-refractivity contribution >= 4 is 0 Å². The van der Waals surface area contributed by atoms with Gasteiger partial charge in [-0.2, -0.15) is 0 Å². The monoisotopic (exact) mass is 275 g/mol. The first kappa shape index (κ1) is 16.9. The van der Waals surface area contributed by atoms with E-state index >= 15 is 0 Å². The van der Waals surface area contributed by atoms with Crippen LogP contribution >= 0.6 is 0 Å². The van der Waals surface area contributed by atoms with Crippen LogP contribution in [-0.2, 0) is 9.47 Å². The number of hydrogen-bond donors (Lipinski definition) is 3. The normalized spacial score (nSPS) is 31.6. The Morgan fingerprint density at radius 3 is 2.42 bits per heavy atom. The average Bonchev–Trinajstić information content (AvgIpc) is 2.42. The van der Waals surface area contributed by atoms with E-state index in [4.69, 9.17) is 14.6 Å². The minimum atomic E-state index is -1.11. The number of unbranched alkanes of at least 4 members (excludes halogenated alkanes) is 5. The summed E-state index contributed by atoms with van der Waals surface area (Å²) in [7, 11) is 0. The van der Waals surface area contributed by atoms with Gasteiger partial charge in [-0.05, 0) is 6.42 Å². The third kappa shape index (κ3) is 5.75. The highest BCUT2D eigenvalue weighted by atomic mass is 16.6. The molecule has 0 bridgehead atoms. The Morgan fingerprint density at radius 1 is 1.05 bits per heavy atom. The summed E-state index contributed by atoms with van der Waals surface area (Å²) in [5.41, 5.74) is 0. The summed E-state index contributed by atoms with van der Waals surface area (Å²) in [5, 5.41) is 28.4. The largest absolute Gasteiger partial charge is 0.394 e. The molecule has 0 aliphatic carbocycles. The first-order valence-corrected chi connectivity index (χ1v) is 7.28. The van der Waals surface area contributed by atoms with Gasteiger partial charge in [-0.1, -0.05) is 39.0 Å². The third-order valence-electron chi connectivity index (χ3n) is 3.44. The van der Waals surface area contributed by atoms with E-state index in [9.17, 15) is 10.2 Å². The lowest BCUT2D eigenvalue weighted by molar-refractivity contribution is -0.183. The van der Waals surface area contributed by atoms with E-state index in [1.54, 1.807) is 0 Å². The fourth-order valence-electron chi connectivity index (χ4n) is 2.14. The van der Waals surface area contributed by atoms with Gasteiger partial charge in [0.1, 0.15) is 31.0 Å². The van der Waals surface area contributed by atoms with Gasteiger partial charge in [0.05, 0.1) is 6.61 Å². The van der Waals surface area contributed by atoms with Gasteiger partial charge in [-0.15, -0.1) is 0 Å². The molecule has 0 saturated carbocycles. The molecule has 1 heterocycles. The zero-order valence-electron chi connectivity index (χ0n) is 11.7. The molecule has 5 nitrogen and oxygen atoms in total. The van der Waals surface area contributed by atoms with Crippen molar-refractivity contribution < 1.29 is 24.8 Å². The first-order chi connectivity index (χ1) is 9.20. The Balaban J connectivity index is 2.09. The molecule has 1 aliphatic heterocycles. The zero-order valence-corrected chi connectivity index (χ0v) is 11.7. The summed E-state index contributed by atoms with van der Waals surface area (Å²) in [5.74, 6) is 0. The molecule has 1 radical (unpaired) electrons. The molecule has 1 aliphatic rings. The summed E-state index contributed by atoms with van der Waals surface area (Å²) >= 11 is 0. The molecule has 5 heteroatoms. The van der Waals surface area contributed by atoms with Crippen molar-refractivity contribution in [1.82, 2.24) is 0 Å². The van der Waals surface area contributed by atoms with E-state index in [0.717, 1.165) is 12.8 Å². The van der Waals surface area contributed by atoms with Crippen molar-refractivity contribution in [3.8, 4) is 0 Å². The number of rotatable bonds is 9. The molecule has 19 heavy (non-hydrogen) atoms. The first-order valence-electron chi connectivity index (χ1n) is 7.28. The Kier molecular flexibility index (Phi) is 8.57. The van der Waals surface area contributed by atoms with E-state index in [1.165, 1.54) is 32.3 Å². The van der Waals surface area contributed by atoms with Gasteiger partial charge in [0.25, 0.3) is 0 Å². The van der Waals surface area contributed by atoms with Crippen LogP contribution in [0.15, 0.2) is 0 Å². The van der Waals surface area contributed by atoms with Crippen molar-refractivity contribution in [3.05, 3.63) is 6.61 Å². The lowest BCUT2D eigenvalue weighted by Crippen LogP contribution is -2.53. The van der Waals surface area contributed by atoms with Gasteiger partial charge in [0, 0.05) is 6.61 Å². The molecule has 0 unspecified atom stereocenters. The van der Waals surface area contributed by atoms with E-state index in [2.05, 4.69) is 6.92 Å². The van der Waals surface area contributed by atoms with Crippen molar-refractivity contribution in [3.63, 3.8) is 0 Å². The molecule has 1 rings (SSSR count). The van der Waals surface area contributed by atoms with Crippen LogP contribution in [0.25, 0.3) is 0 Å². The van der Waals surface area contributed by atoms with Crippen molar-refractivity contribution in [1.29, 1.82) is 0 Å². The van der Waals surface area contributed by atoms with E-state index in [1.807, 2.05) is 0 Å². The molecular formula is C14H27O5. The highest BCUT2D eigenvalue weighted by Gasteiger charge is 2.38. The second-order valence-electron chi connectivity index (χ2n) is 5.08. The van der Waals surface area contributed by atoms with E-state index in [-0.39, 0.29) is 6.61 Å². The van der Waals surface area contributed by atoms with Crippen LogP contribution in [-0.4, -0.2) is 52.9 Å². The van der Waals surface area contributed by atoms with Gasteiger partial charge < -0.3 is 24.8 Å². The topological polar surface area (TPSA) is 79.2 Å². The molecule has 0 aromatic carbocycles. The van der Waals surface area contributed by atoms with Crippen molar-refractivity contribution in [2.75, 3.05) is 13.2 Å². The minimum absolute atomic E-state index is 0.321. The average molecular weight is 275 g/mol. The van der Waals surface area contributed by atoms with E-state index < -0.39 is 24.4 Å². The zero-order chi connectivity index (χ0) is 14.1. The van der Waals surface area contributed by atoms with Gasteiger partial charge in [0.15, 0.2) is 0 Å². The van der Waals surface area contributed by atoms with Crippen molar-refractivity contribution in [2.24, 2.45) is 0 Å². The predicted molar refractivity (Wildman–Crippen MR) is 71.4 cm³/mol. The second kappa shape index (κ2) is 9.66. The molecule has 0 aromatic heterocycles. The molecule has 0 aromatic rings. The van der Waals surface area contributed by atoms with Crippen LogP contribution in [0.1, 0.15) is 45.4 Å². The molecule has 3 N–H and O–H groups in total. The Bertz CT molecular complexity index is 224. The van der Waals surface area contributed by atoms with Crippen LogP contribution in [0.5, 0.6) is 0 Å². The van der Waals surface area contributed by atoms with Crippen LogP contribution in [0, 0.1) is 6.61 Å². The number of ether oxygens (including phenoxy) is 2. The quantitative estimate of drug-likeness (QED) is 0.547. The third-order valence-corrected chi connectivity index (χ3v) is 3.44. The molecular weight excluding hydrogens is 248 g/mol. The Morgan fingerprint density at radius 2 is 1.74 bits per heavy atom. The molecule has 0 spiro atoms. The molecule has 113 valence electrons. The van der Waals surface area contributed by atoms with Crippen molar-refractivity contribution in [2.45, 2.75) is 69.9 Å². The summed E-state index contributed by atoms with van der Waals surface area (Å²) in [4.78, 5) is 0. The number of aliphatic hydroxyl groups is 3. The maximum atomic E-state index is 9.81. The van der Waals surface area contributed by atoms with Gasteiger partial charge in [-0.25, -0.2) is 0 Å². The number of hydrogen-bond acceptors (Lipinski definition) is 5. The van der Waals surface area contributed by atoms with Gasteiger partial charge >= 0.3 is 0 Å². The Hall–Kier alpha value is -0.200. The maximum Gasteiger partial charge on any atom is 0.116 e. The molecule has 0 amide bonds. The summed E-state index contributed by atoms with van der Waals surface area (Å²) < 4.78 is 10.6. The predicted octanol–water partition coefficient (Wildman–Crippen LogP) is 1.01. The van der Waals surface area contributed by atoms with Crippen LogP contribution < -0.4 is 0 Å². The number of aliphatic hydroxyl groups excluding tert-OH is 3. The second-order valence-corrected chi connectivity index (χ2v) is 5.08. The van der Waals surface area contributed by atoms with Crippen LogP contribution in [0.2, 0.25) is 0 Å². The lowest BCUT2D eigenvalue weighted by Gasteiger charge is -2.36. The van der Waals surface area contributed by atoms with Crippen LogP contribution in [0.4, 0.5) is 0 Å². The van der Waals surface area contributed by atoms with Crippen LogP contribution in [0.3, 0.4) is 0 Å². The lowest BCUT2D eigenvalue weighted by atomic mass is 10.0. The summed E-state index contributed by atoms with van der Waals surface area (Å²) in [6.45, 7) is 3.78. The Labute approximate surface area is 115 Å². The minimum Gasteiger partial charge on any atom is -0.394 e. The van der Waals surface area contributed by atoms with E-state index in [0.29, 0.717) is 6.61 Å². The highest BCUT2D eigenvalue weighted by Crippen LogP contribution is 2.21. The fourth-order valence-corrected chi connectivity index (χ4v) is 2.14. The standard InChI is InChI=1S/C14H27O5/c1-2-3-4-5-6-7-8-18-12-10-19-11(9-15)13(16)14(12)17/h10-17H,2-9H2,1H3/t11-,12+,13-,14-/m1/s1. The van der Waals surface area contributed by atoms with Gasteiger partial charge in [0.2, 0.25) is 0 Å². The maximum absolute atomic E-state index is 9.81. The molecule has 1 saturated heterocycles. The highest BCUT2D eigenvalue weighted by molar-refractivity contribution is 4.92. The SMILES string of the molecule is CCCCCCCCO[C@H]1[CH]O[C@H](CO)[C@@H](O)[C@@H]1O.